The first kappa shape index (κ1) is 21.1. The molecular formula is C25H28Cl2N2O2. The summed E-state index contributed by atoms with van der Waals surface area (Å²) in [7, 11) is 0. The van der Waals surface area contributed by atoms with Gasteiger partial charge in [-0.2, -0.15) is 0 Å². The maximum Gasteiger partial charge on any atom is 0.407 e. The van der Waals surface area contributed by atoms with Crippen molar-refractivity contribution in [3.05, 3.63) is 57.6 Å². The summed E-state index contributed by atoms with van der Waals surface area (Å²) >= 11 is 12.3. The highest BCUT2D eigenvalue weighted by Crippen LogP contribution is 2.46. The minimum Gasteiger partial charge on any atom is -0.445 e. The number of nitrogens with one attached hydrogen (secondary N) is 1. The molecule has 0 saturated carbocycles. The smallest absolute Gasteiger partial charge is 0.407 e. The van der Waals surface area contributed by atoms with Gasteiger partial charge in [0.25, 0.3) is 0 Å². The zero-order valence-corrected chi connectivity index (χ0v) is 19.5. The van der Waals surface area contributed by atoms with Crippen molar-refractivity contribution in [1.29, 1.82) is 0 Å². The van der Waals surface area contributed by atoms with Crippen molar-refractivity contribution in [2.24, 2.45) is 11.3 Å². The van der Waals surface area contributed by atoms with Crippen LogP contribution in [0.4, 0.5) is 4.79 Å². The first-order valence-corrected chi connectivity index (χ1v) is 11.8. The Bertz CT molecular complexity index is 1010. The molecule has 31 heavy (non-hydrogen) atoms. The maximum atomic E-state index is 12.8. The Hall–Kier alpha value is -1.75. The lowest BCUT2D eigenvalue weighted by Crippen LogP contribution is -2.53. The fourth-order valence-corrected chi connectivity index (χ4v) is 5.81. The van der Waals surface area contributed by atoms with Gasteiger partial charge < -0.3 is 10.1 Å². The first-order valence-electron chi connectivity index (χ1n) is 11.1. The van der Waals surface area contributed by atoms with E-state index in [1.54, 1.807) is 0 Å². The molecule has 1 unspecified atom stereocenters. The van der Waals surface area contributed by atoms with Crippen LogP contribution in [0.3, 0.4) is 0 Å². The Morgan fingerprint density at radius 2 is 1.77 bits per heavy atom. The first-order chi connectivity index (χ1) is 14.8. The Morgan fingerprint density at radius 3 is 2.45 bits per heavy atom. The Labute approximate surface area is 193 Å². The lowest BCUT2D eigenvalue weighted by molar-refractivity contribution is -0.0348. The summed E-state index contributed by atoms with van der Waals surface area (Å²) in [4.78, 5) is 15.2. The molecule has 0 spiro atoms. The number of rotatable bonds is 3. The van der Waals surface area contributed by atoms with Crippen molar-refractivity contribution in [3.8, 4) is 11.1 Å². The summed E-state index contributed by atoms with van der Waals surface area (Å²) in [5.74, 6) is 0.508. The van der Waals surface area contributed by atoms with Gasteiger partial charge in [0.2, 0.25) is 0 Å². The Morgan fingerprint density at radius 1 is 1.06 bits per heavy atom. The van der Waals surface area contributed by atoms with E-state index in [0.29, 0.717) is 16.0 Å². The predicted octanol–water partition coefficient (Wildman–Crippen LogP) is 6.10. The van der Waals surface area contributed by atoms with Crippen LogP contribution in [-0.4, -0.2) is 36.7 Å². The van der Waals surface area contributed by atoms with Gasteiger partial charge in [0.05, 0.1) is 16.1 Å². The van der Waals surface area contributed by atoms with E-state index in [0.717, 1.165) is 50.0 Å². The largest absolute Gasteiger partial charge is 0.445 e. The van der Waals surface area contributed by atoms with Crippen molar-refractivity contribution in [2.75, 3.05) is 19.6 Å². The molecule has 4 nitrogen and oxygen atoms in total. The van der Waals surface area contributed by atoms with Crippen molar-refractivity contribution in [1.82, 2.24) is 10.2 Å². The highest BCUT2D eigenvalue weighted by Gasteiger charge is 2.42. The number of halogens is 2. The van der Waals surface area contributed by atoms with E-state index in [9.17, 15) is 4.79 Å². The number of benzene rings is 2. The quantitative estimate of drug-likeness (QED) is 0.603. The van der Waals surface area contributed by atoms with E-state index >= 15 is 0 Å². The Kier molecular flexibility index (Phi) is 5.44. The number of hydrogen-bond acceptors (Lipinski definition) is 3. The highest BCUT2D eigenvalue weighted by molar-refractivity contribution is 6.42. The van der Waals surface area contributed by atoms with Crippen molar-refractivity contribution >= 4 is 29.3 Å². The number of ether oxygens (including phenoxy) is 1. The SMILES string of the molecule is CC1(C)Cc2cc(-c3ccc(Cl)c(Cl)c3)ccc2C1NC(=O)O[C@@H]1CN2CCC1CC2. The van der Waals surface area contributed by atoms with Crippen LogP contribution < -0.4 is 5.32 Å². The number of amides is 1. The molecule has 2 atom stereocenters. The standard InChI is InChI=1S/C25H28Cl2N2O2/c1-25(2)13-18-11-16(17-4-6-20(26)21(27)12-17)3-5-19(18)23(25)28-24(30)31-22-14-29-9-7-15(22)8-10-29/h3-6,11-12,15,22-23H,7-10,13-14H2,1-2H3,(H,28,30)/t22-,23?/m1/s1. The van der Waals surface area contributed by atoms with Crippen LogP contribution in [0.25, 0.3) is 11.1 Å². The molecule has 3 aliphatic heterocycles. The lowest BCUT2D eigenvalue weighted by Gasteiger charge is -2.44. The fraction of sp³-hybridized carbons (Fsp3) is 0.480. The minimum atomic E-state index is -0.293. The molecule has 0 radical (unpaired) electrons. The van der Waals surface area contributed by atoms with Crippen LogP contribution in [0.2, 0.25) is 10.0 Å². The van der Waals surface area contributed by atoms with Crippen LogP contribution in [-0.2, 0) is 11.2 Å². The third-order valence-corrected chi connectivity index (χ3v) is 7.99. The van der Waals surface area contributed by atoms with E-state index in [1.807, 2.05) is 18.2 Å². The maximum absolute atomic E-state index is 12.8. The molecule has 0 aromatic heterocycles. The normalized spacial score (nSPS) is 28.3. The van der Waals surface area contributed by atoms with Crippen molar-refractivity contribution < 1.29 is 9.53 Å². The number of alkyl carbamates (subject to hydrolysis) is 1. The van der Waals surface area contributed by atoms with Gasteiger partial charge in [-0.15, -0.1) is 0 Å². The van der Waals surface area contributed by atoms with Crippen LogP contribution in [0.5, 0.6) is 0 Å². The molecule has 3 saturated heterocycles. The second-order valence-electron chi connectivity index (χ2n) is 9.87. The zero-order valence-electron chi connectivity index (χ0n) is 18.0. The molecule has 1 N–H and O–H groups in total. The molecule has 6 heteroatoms. The van der Waals surface area contributed by atoms with Crippen LogP contribution in [0.15, 0.2) is 36.4 Å². The molecule has 4 aliphatic rings. The zero-order chi connectivity index (χ0) is 21.8. The summed E-state index contributed by atoms with van der Waals surface area (Å²) in [5, 5.41) is 4.29. The third kappa shape index (κ3) is 4.06. The van der Waals surface area contributed by atoms with E-state index in [1.165, 1.54) is 11.1 Å². The summed E-state index contributed by atoms with van der Waals surface area (Å²) < 4.78 is 5.89. The van der Waals surface area contributed by atoms with Gasteiger partial charge in [-0.1, -0.05) is 61.3 Å². The van der Waals surface area contributed by atoms with Crippen LogP contribution in [0.1, 0.15) is 43.9 Å². The van der Waals surface area contributed by atoms with Gasteiger partial charge in [0.1, 0.15) is 6.10 Å². The molecule has 2 aromatic rings. The summed E-state index contributed by atoms with van der Waals surface area (Å²) in [5.41, 5.74) is 4.46. The van der Waals surface area contributed by atoms with E-state index in [4.69, 9.17) is 27.9 Å². The number of piperidine rings is 3. The topological polar surface area (TPSA) is 41.6 Å². The summed E-state index contributed by atoms with van der Waals surface area (Å²) in [6, 6.07) is 12.1. The molecule has 164 valence electrons. The van der Waals surface area contributed by atoms with Crippen molar-refractivity contribution in [2.45, 2.75) is 45.3 Å². The third-order valence-electron chi connectivity index (χ3n) is 7.25. The lowest BCUT2D eigenvalue weighted by atomic mass is 9.85. The average Bonchev–Trinajstić information content (AvgIpc) is 2.99. The predicted molar refractivity (Wildman–Crippen MR) is 125 cm³/mol. The Balaban J connectivity index is 1.33. The van der Waals surface area contributed by atoms with Gasteiger partial charge in [0, 0.05) is 6.54 Å². The number of nitrogens with zero attached hydrogens (tertiary/aromatic N) is 1. The molecule has 2 bridgehead atoms. The summed E-state index contributed by atoms with van der Waals surface area (Å²) in [6.45, 7) is 7.54. The number of carbonyl (C=O) groups excluding carboxylic acids is 1. The van der Waals surface area contributed by atoms with Gasteiger partial charge in [-0.3, -0.25) is 4.90 Å². The molecular weight excluding hydrogens is 431 g/mol. The molecule has 1 amide bonds. The minimum absolute atomic E-state index is 0.0171. The average molecular weight is 459 g/mol. The van der Waals surface area contributed by atoms with Gasteiger partial charge in [-0.25, -0.2) is 4.79 Å². The van der Waals surface area contributed by atoms with Crippen LogP contribution >= 0.6 is 23.2 Å². The fourth-order valence-electron chi connectivity index (χ4n) is 5.52. The molecule has 2 aromatic carbocycles. The van der Waals surface area contributed by atoms with Crippen molar-refractivity contribution in [3.63, 3.8) is 0 Å². The van der Waals surface area contributed by atoms with Crippen LogP contribution in [0, 0.1) is 11.3 Å². The molecule has 3 fully saturated rings. The van der Waals surface area contributed by atoms with E-state index in [-0.39, 0.29) is 23.7 Å². The van der Waals surface area contributed by atoms with Gasteiger partial charge >= 0.3 is 6.09 Å². The summed E-state index contributed by atoms with van der Waals surface area (Å²) in [6.07, 6.45) is 2.88. The monoisotopic (exact) mass is 458 g/mol. The number of hydrogen-bond donors (Lipinski definition) is 1. The number of fused-ring (bicyclic) bond motifs is 4. The van der Waals surface area contributed by atoms with Gasteiger partial charge in [-0.05, 0) is 78.1 Å². The number of carbonyl (C=O) groups is 1. The van der Waals surface area contributed by atoms with E-state index in [2.05, 4.69) is 42.3 Å². The molecule has 1 aliphatic carbocycles. The van der Waals surface area contributed by atoms with E-state index < -0.39 is 0 Å². The second-order valence-corrected chi connectivity index (χ2v) is 10.7. The molecule has 3 heterocycles. The molecule has 6 rings (SSSR count). The highest BCUT2D eigenvalue weighted by atomic mass is 35.5. The second kappa shape index (κ2) is 7.99. The van der Waals surface area contributed by atoms with Gasteiger partial charge in [0.15, 0.2) is 0 Å².